The van der Waals surface area contributed by atoms with Gasteiger partial charge in [0.15, 0.2) is 0 Å². The highest BCUT2D eigenvalue weighted by atomic mass is 35.5. The van der Waals surface area contributed by atoms with Crippen LogP contribution in [0.3, 0.4) is 0 Å². The Morgan fingerprint density at radius 3 is 2.82 bits per heavy atom. The molecule has 0 aliphatic carbocycles. The van der Waals surface area contributed by atoms with Crippen LogP contribution in [0.15, 0.2) is 30.5 Å². The molecular weight excluding hydrogens is 234 g/mol. The number of anilines is 1. The first-order chi connectivity index (χ1) is 8.35. The van der Waals surface area contributed by atoms with E-state index in [9.17, 15) is 0 Å². The van der Waals surface area contributed by atoms with Gasteiger partial charge < -0.3 is 4.90 Å². The monoisotopic (exact) mass is 249 g/mol. The van der Waals surface area contributed by atoms with Gasteiger partial charge in [-0.05, 0) is 12.5 Å². The van der Waals surface area contributed by atoms with Crippen LogP contribution in [-0.2, 0) is 0 Å². The summed E-state index contributed by atoms with van der Waals surface area (Å²) in [5.74, 6) is 1.36. The molecule has 0 amide bonds. The number of benzene rings is 1. The third-order valence-electron chi connectivity index (χ3n) is 2.61. The second-order valence-electron chi connectivity index (χ2n) is 3.90. The molecule has 1 aromatic heterocycles. The van der Waals surface area contributed by atoms with Gasteiger partial charge in [0.2, 0.25) is 5.95 Å². The van der Waals surface area contributed by atoms with Crippen molar-refractivity contribution in [2.45, 2.75) is 13.3 Å². The molecule has 17 heavy (non-hydrogen) atoms. The maximum absolute atomic E-state index is 5.80. The van der Waals surface area contributed by atoms with Gasteiger partial charge in [0.1, 0.15) is 0 Å². The van der Waals surface area contributed by atoms with Crippen LogP contribution in [0.5, 0.6) is 0 Å². The molecule has 90 valence electrons. The summed E-state index contributed by atoms with van der Waals surface area (Å²) < 4.78 is 0. The van der Waals surface area contributed by atoms with Gasteiger partial charge in [0.05, 0.1) is 5.52 Å². The van der Waals surface area contributed by atoms with E-state index in [0.717, 1.165) is 36.4 Å². The van der Waals surface area contributed by atoms with Crippen molar-refractivity contribution in [3.8, 4) is 0 Å². The Labute approximate surface area is 106 Å². The van der Waals surface area contributed by atoms with Gasteiger partial charge in [-0.3, -0.25) is 0 Å². The number of hydrogen-bond donors (Lipinski definition) is 0. The molecule has 0 bridgehead atoms. The van der Waals surface area contributed by atoms with E-state index in [1.165, 1.54) is 0 Å². The highest BCUT2D eigenvalue weighted by Crippen LogP contribution is 2.14. The largest absolute Gasteiger partial charge is 0.340 e. The van der Waals surface area contributed by atoms with Crippen molar-refractivity contribution in [2.75, 3.05) is 23.9 Å². The Kier molecular flexibility index (Phi) is 4.15. The van der Waals surface area contributed by atoms with Gasteiger partial charge in [-0.15, -0.1) is 11.6 Å². The molecule has 3 nitrogen and oxygen atoms in total. The smallest absolute Gasteiger partial charge is 0.225 e. The first-order valence-corrected chi connectivity index (χ1v) is 6.41. The Morgan fingerprint density at radius 1 is 1.24 bits per heavy atom. The first-order valence-electron chi connectivity index (χ1n) is 5.88. The minimum atomic E-state index is 0.593. The molecule has 0 aliphatic heterocycles. The molecule has 0 unspecified atom stereocenters. The average Bonchev–Trinajstić information content (AvgIpc) is 2.38. The minimum absolute atomic E-state index is 0.593. The molecule has 1 aromatic carbocycles. The van der Waals surface area contributed by atoms with Gasteiger partial charge in [-0.2, -0.15) is 0 Å². The van der Waals surface area contributed by atoms with Crippen molar-refractivity contribution < 1.29 is 0 Å². The van der Waals surface area contributed by atoms with E-state index < -0.39 is 0 Å². The molecule has 0 aliphatic rings. The highest BCUT2D eigenvalue weighted by molar-refractivity contribution is 6.18. The van der Waals surface area contributed by atoms with Crippen LogP contribution in [0.4, 0.5) is 5.95 Å². The van der Waals surface area contributed by atoms with E-state index in [1.807, 2.05) is 30.5 Å². The van der Waals surface area contributed by atoms with Gasteiger partial charge in [-0.1, -0.05) is 25.1 Å². The molecule has 2 rings (SSSR count). The zero-order valence-corrected chi connectivity index (χ0v) is 10.7. The lowest BCUT2D eigenvalue weighted by atomic mass is 10.2. The quantitative estimate of drug-likeness (QED) is 0.763. The predicted octanol–water partition coefficient (Wildman–Crippen LogP) is 3.09. The minimum Gasteiger partial charge on any atom is -0.340 e. The number of nitrogens with zero attached hydrogens (tertiary/aromatic N) is 3. The maximum atomic E-state index is 5.80. The normalized spacial score (nSPS) is 10.7. The van der Waals surface area contributed by atoms with Crippen molar-refractivity contribution >= 4 is 28.5 Å². The molecule has 0 saturated heterocycles. The topological polar surface area (TPSA) is 29.0 Å². The van der Waals surface area contributed by atoms with Crippen LogP contribution in [0, 0.1) is 0 Å². The second-order valence-corrected chi connectivity index (χ2v) is 4.28. The average molecular weight is 250 g/mol. The summed E-state index contributed by atoms with van der Waals surface area (Å²) in [7, 11) is 0. The van der Waals surface area contributed by atoms with Gasteiger partial charge in [-0.25, -0.2) is 9.97 Å². The van der Waals surface area contributed by atoms with Gasteiger partial charge >= 0.3 is 0 Å². The summed E-state index contributed by atoms with van der Waals surface area (Å²) in [6, 6.07) is 8.01. The Morgan fingerprint density at radius 2 is 2.06 bits per heavy atom. The fourth-order valence-electron chi connectivity index (χ4n) is 1.80. The highest BCUT2D eigenvalue weighted by Gasteiger charge is 2.08. The fraction of sp³-hybridized carbons (Fsp3) is 0.385. The van der Waals surface area contributed by atoms with E-state index in [2.05, 4.69) is 21.8 Å². The third kappa shape index (κ3) is 2.86. The van der Waals surface area contributed by atoms with Crippen LogP contribution in [0.25, 0.3) is 10.9 Å². The standard InChI is InChI=1S/C13H16ClN3/c1-2-8-17(9-7-14)13-15-10-11-5-3-4-6-12(11)16-13/h3-6,10H,2,7-9H2,1H3. The fourth-order valence-corrected chi connectivity index (χ4v) is 2.00. The Balaban J connectivity index is 2.32. The summed E-state index contributed by atoms with van der Waals surface area (Å²) in [6.07, 6.45) is 2.93. The van der Waals surface area contributed by atoms with Crippen LogP contribution in [0.2, 0.25) is 0 Å². The summed E-state index contributed by atoms with van der Waals surface area (Å²) in [5.41, 5.74) is 0.980. The van der Waals surface area contributed by atoms with Crippen molar-refractivity contribution in [3.05, 3.63) is 30.5 Å². The van der Waals surface area contributed by atoms with Crippen LogP contribution in [0.1, 0.15) is 13.3 Å². The lowest BCUT2D eigenvalue weighted by Gasteiger charge is -2.20. The molecule has 1 heterocycles. The van der Waals surface area contributed by atoms with Crippen molar-refractivity contribution in [3.63, 3.8) is 0 Å². The second kappa shape index (κ2) is 5.82. The molecule has 0 N–H and O–H groups in total. The number of para-hydroxylation sites is 1. The van der Waals surface area contributed by atoms with Crippen LogP contribution >= 0.6 is 11.6 Å². The number of halogens is 1. The third-order valence-corrected chi connectivity index (χ3v) is 2.78. The molecule has 0 saturated carbocycles. The number of fused-ring (bicyclic) bond motifs is 1. The zero-order chi connectivity index (χ0) is 12.1. The molecule has 0 spiro atoms. The van der Waals surface area contributed by atoms with E-state index in [0.29, 0.717) is 5.88 Å². The number of alkyl halides is 1. The van der Waals surface area contributed by atoms with Gasteiger partial charge in [0, 0.05) is 30.6 Å². The lowest BCUT2D eigenvalue weighted by molar-refractivity contribution is 0.767. The SMILES string of the molecule is CCCN(CCCl)c1ncc2ccccc2n1. The van der Waals surface area contributed by atoms with Crippen LogP contribution < -0.4 is 4.90 Å². The van der Waals surface area contributed by atoms with Crippen molar-refractivity contribution in [1.82, 2.24) is 9.97 Å². The zero-order valence-electron chi connectivity index (χ0n) is 9.93. The Bertz CT molecular complexity index is 481. The van der Waals surface area contributed by atoms with Crippen molar-refractivity contribution in [1.29, 1.82) is 0 Å². The molecule has 4 heteroatoms. The number of rotatable bonds is 5. The van der Waals surface area contributed by atoms with Crippen molar-refractivity contribution in [2.24, 2.45) is 0 Å². The number of hydrogen-bond acceptors (Lipinski definition) is 3. The van der Waals surface area contributed by atoms with E-state index in [-0.39, 0.29) is 0 Å². The van der Waals surface area contributed by atoms with Crippen LogP contribution in [-0.4, -0.2) is 28.9 Å². The summed E-state index contributed by atoms with van der Waals surface area (Å²) in [4.78, 5) is 11.1. The van der Waals surface area contributed by atoms with E-state index in [4.69, 9.17) is 11.6 Å². The molecule has 0 radical (unpaired) electrons. The summed E-state index contributed by atoms with van der Waals surface area (Å²) in [5, 5.41) is 1.07. The first kappa shape index (κ1) is 12.1. The molecule has 2 aromatic rings. The van der Waals surface area contributed by atoms with Gasteiger partial charge in [0.25, 0.3) is 0 Å². The molecular formula is C13H16ClN3. The number of aromatic nitrogens is 2. The molecule has 0 atom stereocenters. The maximum Gasteiger partial charge on any atom is 0.225 e. The Hall–Kier alpha value is -1.35. The summed E-state index contributed by atoms with van der Waals surface area (Å²) >= 11 is 5.80. The van der Waals surface area contributed by atoms with E-state index >= 15 is 0 Å². The molecule has 0 fully saturated rings. The summed E-state index contributed by atoms with van der Waals surface area (Å²) in [6.45, 7) is 3.86. The predicted molar refractivity (Wildman–Crippen MR) is 72.8 cm³/mol. The van der Waals surface area contributed by atoms with E-state index in [1.54, 1.807) is 0 Å². The lowest BCUT2D eigenvalue weighted by Crippen LogP contribution is -2.28.